The number of halogens is 1. The van der Waals surface area contributed by atoms with E-state index >= 15 is 0 Å². The second-order valence-corrected chi connectivity index (χ2v) is 4.19. The van der Waals surface area contributed by atoms with Crippen LogP contribution in [0.25, 0.3) is 0 Å². The maximum absolute atomic E-state index is 10.9. The molecule has 12 heavy (non-hydrogen) atoms. The van der Waals surface area contributed by atoms with E-state index in [1.165, 1.54) is 0 Å². The van der Waals surface area contributed by atoms with E-state index in [1.54, 1.807) is 6.92 Å². The quantitative estimate of drug-likeness (QED) is 0.310. The molecule has 0 rings (SSSR count). The third-order valence-electron chi connectivity index (χ3n) is 1.17. The average Bonchev–Trinajstić information content (AvgIpc) is 2.03. The van der Waals surface area contributed by atoms with Gasteiger partial charge in [-0.2, -0.15) is 0 Å². The monoisotopic (exact) mass is 286 g/mol. The zero-order valence-electron chi connectivity index (χ0n) is 7.18. The number of ether oxygens (including phenoxy) is 1. The number of alkyl halides is 1. The molecule has 5 heteroatoms. The molecule has 0 aliphatic rings. The standard InChI is InChI=1S/C7H15IN2O2/c1-6(8)7(11)12-5-4-10-3-2-9/h6,10H,2-5,9H2,1H3. The van der Waals surface area contributed by atoms with Crippen molar-refractivity contribution in [3.63, 3.8) is 0 Å². The van der Waals surface area contributed by atoms with Crippen molar-refractivity contribution in [2.75, 3.05) is 26.2 Å². The number of esters is 1. The molecule has 0 radical (unpaired) electrons. The topological polar surface area (TPSA) is 64.3 Å². The van der Waals surface area contributed by atoms with Crippen molar-refractivity contribution in [2.45, 2.75) is 10.8 Å². The van der Waals surface area contributed by atoms with Gasteiger partial charge in [-0.1, -0.05) is 22.6 Å². The molecule has 0 aromatic carbocycles. The van der Waals surface area contributed by atoms with Crippen LogP contribution in [0.4, 0.5) is 0 Å². The van der Waals surface area contributed by atoms with E-state index in [0.29, 0.717) is 19.7 Å². The first-order valence-corrected chi connectivity index (χ1v) is 5.14. The Balaban J connectivity index is 3.14. The smallest absolute Gasteiger partial charge is 0.318 e. The van der Waals surface area contributed by atoms with Crippen LogP contribution >= 0.6 is 22.6 Å². The van der Waals surface area contributed by atoms with Crippen LogP contribution in [-0.2, 0) is 9.53 Å². The molecule has 3 N–H and O–H groups in total. The molecule has 72 valence electrons. The Morgan fingerprint density at radius 1 is 1.67 bits per heavy atom. The molecular formula is C7H15IN2O2. The zero-order chi connectivity index (χ0) is 9.40. The van der Waals surface area contributed by atoms with Crippen LogP contribution < -0.4 is 11.1 Å². The van der Waals surface area contributed by atoms with Gasteiger partial charge in [-0.3, -0.25) is 4.79 Å². The second kappa shape index (κ2) is 7.75. The fraction of sp³-hybridized carbons (Fsp3) is 0.857. The molecule has 0 aliphatic heterocycles. The molecule has 0 aliphatic carbocycles. The minimum Gasteiger partial charge on any atom is -0.464 e. The lowest BCUT2D eigenvalue weighted by molar-refractivity contribution is -0.142. The highest BCUT2D eigenvalue weighted by atomic mass is 127. The van der Waals surface area contributed by atoms with Crippen LogP contribution in [0.15, 0.2) is 0 Å². The van der Waals surface area contributed by atoms with Gasteiger partial charge in [-0.25, -0.2) is 0 Å². The van der Waals surface area contributed by atoms with Gasteiger partial charge in [0.15, 0.2) is 0 Å². The first-order valence-electron chi connectivity index (χ1n) is 3.90. The number of nitrogens with two attached hydrogens (primary N) is 1. The summed E-state index contributed by atoms with van der Waals surface area (Å²) >= 11 is 2.02. The first-order chi connectivity index (χ1) is 5.68. The molecule has 1 atom stereocenters. The third-order valence-corrected chi connectivity index (χ3v) is 1.68. The second-order valence-electron chi connectivity index (χ2n) is 2.32. The fourth-order valence-electron chi connectivity index (χ4n) is 0.566. The van der Waals surface area contributed by atoms with Gasteiger partial charge in [-0.05, 0) is 6.92 Å². The van der Waals surface area contributed by atoms with Crippen LogP contribution in [0.3, 0.4) is 0 Å². The molecule has 0 aromatic rings. The number of hydrogen-bond donors (Lipinski definition) is 2. The Morgan fingerprint density at radius 3 is 2.83 bits per heavy atom. The molecule has 4 nitrogen and oxygen atoms in total. The predicted molar refractivity (Wildman–Crippen MR) is 56.4 cm³/mol. The third kappa shape index (κ3) is 6.81. The van der Waals surface area contributed by atoms with E-state index in [2.05, 4.69) is 5.32 Å². The lowest BCUT2D eigenvalue weighted by Gasteiger charge is -2.06. The molecule has 0 saturated heterocycles. The SMILES string of the molecule is CC(I)C(=O)OCCNCCN. The molecule has 1 unspecified atom stereocenters. The van der Waals surface area contributed by atoms with Crippen LogP contribution in [0, 0.1) is 0 Å². The molecule has 0 spiro atoms. The Labute approximate surface area is 86.4 Å². The van der Waals surface area contributed by atoms with Crippen molar-refractivity contribution in [3.8, 4) is 0 Å². The summed E-state index contributed by atoms with van der Waals surface area (Å²) in [5.74, 6) is -0.162. The summed E-state index contributed by atoms with van der Waals surface area (Å²) in [5, 5.41) is 3.02. The van der Waals surface area contributed by atoms with Crippen molar-refractivity contribution in [2.24, 2.45) is 5.73 Å². The van der Waals surface area contributed by atoms with Crippen molar-refractivity contribution >= 4 is 28.6 Å². The Kier molecular flexibility index (Phi) is 7.83. The van der Waals surface area contributed by atoms with Gasteiger partial charge >= 0.3 is 5.97 Å². The number of rotatable bonds is 6. The molecule has 0 heterocycles. The Bertz CT molecular complexity index is 131. The molecule has 0 saturated carbocycles. The lowest BCUT2D eigenvalue weighted by atomic mass is 10.5. The Hall–Kier alpha value is 0.120. The minimum absolute atomic E-state index is 0.0721. The van der Waals surface area contributed by atoms with Crippen LogP contribution in [-0.4, -0.2) is 36.1 Å². The van der Waals surface area contributed by atoms with Crippen LogP contribution in [0.1, 0.15) is 6.92 Å². The number of carbonyl (C=O) groups excluding carboxylic acids is 1. The van der Waals surface area contributed by atoms with E-state index in [4.69, 9.17) is 10.5 Å². The fourth-order valence-corrected chi connectivity index (χ4v) is 0.745. The van der Waals surface area contributed by atoms with Gasteiger partial charge in [0.05, 0.1) is 0 Å². The summed E-state index contributed by atoms with van der Waals surface area (Å²) in [6.45, 7) is 4.27. The summed E-state index contributed by atoms with van der Waals surface area (Å²) in [7, 11) is 0. The Morgan fingerprint density at radius 2 is 2.33 bits per heavy atom. The van der Waals surface area contributed by atoms with E-state index in [1.807, 2.05) is 22.6 Å². The molecule has 0 aromatic heterocycles. The highest BCUT2D eigenvalue weighted by Crippen LogP contribution is 1.99. The van der Waals surface area contributed by atoms with Gasteiger partial charge < -0.3 is 15.8 Å². The molecule has 0 bridgehead atoms. The highest BCUT2D eigenvalue weighted by Gasteiger charge is 2.08. The van der Waals surface area contributed by atoms with Gasteiger partial charge in [0, 0.05) is 19.6 Å². The van der Waals surface area contributed by atoms with Crippen molar-refractivity contribution in [1.82, 2.24) is 5.32 Å². The average molecular weight is 286 g/mol. The maximum atomic E-state index is 10.9. The van der Waals surface area contributed by atoms with Crippen molar-refractivity contribution in [3.05, 3.63) is 0 Å². The minimum atomic E-state index is -0.162. The van der Waals surface area contributed by atoms with Crippen LogP contribution in [0.2, 0.25) is 0 Å². The van der Waals surface area contributed by atoms with Crippen molar-refractivity contribution in [1.29, 1.82) is 0 Å². The number of hydrogen-bond acceptors (Lipinski definition) is 4. The first kappa shape index (κ1) is 12.1. The summed E-state index contributed by atoms with van der Waals surface area (Å²) in [5.41, 5.74) is 5.25. The molecule has 0 fully saturated rings. The van der Waals surface area contributed by atoms with Crippen LogP contribution in [0.5, 0.6) is 0 Å². The summed E-state index contributed by atoms with van der Waals surface area (Å²) in [4.78, 5) is 10.9. The maximum Gasteiger partial charge on any atom is 0.318 e. The van der Waals surface area contributed by atoms with Gasteiger partial charge in [0.1, 0.15) is 10.5 Å². The largest absolute Gasteiger partial charge is 0.464 e. The van der Waals surface area contributed by atoms with E-state index < -0.39 is 0 Å². The highest BCUT2D eigenvalue weighted by molar-refractivity contribution is 14.1. The van der Waals surface area contributed by atoms with Gasteiger partial charge in [-0.15, -0.1) is 0 Å². The van der Waals surface area contributed by atoms with Crippen molar-refractivity contribution < 1.29 is 9.53 Å². The summed E-state index contributed by atoms with van der Waals surface area (Å²) in [6.07, 6.45) is 0. The molecule has 0 amide bonds. The number of nitrogens with one attached hydrogen (secondary N) is 1. The predicted octanol–water partition coefficient (Wildman–Crippen LogP) is -0.0986. The van der Waals surface area contributed by atoms with E-state index in [9.17, 15) is 4.79 Å². The van der Waals surface area contributed by atoms with E-state index in [0.717, 1.165) is 6.54 Å². The summed E-state index contributed by atoms with van der Waals surface area (Å²) in [6, 6.07) is 0. The number of carbonyl (C=O) groups is 1. The van der Waals surface area contributed by atoms with Gasteiger partial charge in [0.2, 0.25) is 0 Å². The zero-order valence-corrected chi connectivity index (χ0v) is 9.34. The van der Waals surface area contributed by atoms with Gasteiger partial charge in [0.25, 0.3) is 0 Å². The van der Waals surface area contributed by atoms with E-state index in [-0.39, 0.29) is 9.89 Å². The lowest BCUT2D eigenvalue weighted by Crippen LogP contribution is -2.27. The molecular weight excluding hydrogens is 271 g/mol. The summed E-state index contributed by atoms with van der Waals surface area (Å²) < 4.78 is 4.83. The normalized spacial score (nSPS) is 12.6.